The van der Waals surface area contributed by atoms with Gasteiger partial charge in [-0.25, -0.2) is 19.6 Å². The quantitative estimate of drug-likeness (QED) is 0.549. The van der Waals surface area contributed by atoms with Gasteiger partial charge < -0.3 is 0 Å². The van der Waals surface area contributed by atoms with Crippen LogP contribution in [0.5, 0.6) is 0 Å². The van der Waals surface area contributed by atoms with Crippen molar-refractivity contribution in [1.29, 1.82) is 0 Å². The second kappa shape index (κ2) is 4.83. The molecular weight excluding hydrogens is 290 g/mol. The van der Waals surface area contributed by atoms with Crippen molar-refractivity contribution in [2.24, 2.45) is 7.05 Å². The van der Waals surface area contributed by atoms with E-state index in [-0.39, 0.29) is 0 Å². The predicted octanol–water partition coefficient (Wildman–Crippen LogP) is 2.77. The van der Waals surface area contributed by atoms with Crippen molar-refractivity contribution in [3.8, 4) is 0 Å². The maximum Gasteiger partial charge on any atom is 0.186 e. The number of aromatic nitrogens is 5. The average Bonchev–Trinajstić information content (AvgIpc) is 2.95. The van der Waals surface area contributed by atoms with E-state index in [0.29, 0.717) is 16.7 Å². The van der Waals surface area contributed by atoms with Crippen LogP contribution in [0.2, 0.25) is 5.15 Å². The number of thioether (sulfide) groups is 1. The summed E-state index contributed by atoms with van der Waals surface area (Å²) in [6.45, 7) is 0. The molecule has 0 atom stereocenters. The number of nitrogens with zero attached hydrogens (tertiary/aromatic N) is 5. The lowest BCUT2D eigenvalue weighted by atomic mass is 10.4. The van der Waals surface area contributed by atoms with Crippen molar-refractivity contribution in [3.05, 3.63) is 28.8 Å². The van der Waals surface area contributed by atoms with Crippen LogP contribution in [0.3, 0.4) is 0 Å². The standard InChI is InChI=1S/C10H8ClN5S2/c1-16-10(12-5-13-16)18-4-7-14-8(11)6-2-3-17-9(6)15-7/h2-3,5H,4H2,1H3. The molecule has 8 heteroatoms. The normalized spacial score (nSPS) is 11.2. The van der Waals surface area contributed by atoms with Gasteiger partial charge in [0.05, 0.1) is 5.75 Å². The van der Waals surface area contributed by atoms with Crippen molar-refractivity contribution in [2.45, 2.75) is 10.9 Å². The molecule has 0 aromatic carbocycles. The van der Waals surface area contributed by atoms with Gasteiger partial charge in [0.1, 0.15) is 22.1 Å². The number of fused-ring (bicyclic) bond motifs is 1. The second-order valence-electron chi connectivity index (χ2n) is 3.52. The summed E-state index contributed by atoms with van der Waals surface area (Å²) >= 11 is 9.21. The van der Waals surface area contributed by atoms with Gasteiger partial charge in [-0.2, -0.15) is 5.10 Å². The molecule has 0 aliphatic carbocycles. The summed E-state index contributed by atoms with van der Waals surface area (Å²) in [6, 6.07) is 1.93. The summed E-state index contributed by atoms with van der Waals surface area (Å²) in [5, 5.41) is 8.23. The predicted molar refractivity (Wildman–Crippen MR) is 73.0 cm³/mol. The molecule has 3 heterocycles. The molecule has 3 rings (SSSR count). The number of halogens is 1. The van der Waals surface area contributed by atoms with E-state index in [1.54, 1.807) is 16.0 Å². The van der Waals surface area contributed by atoms with Gasteiger partial charge in [-0.1, -0.05) is 23.4 Å². The number of thiophene rings is 1. The molecule has 0 saturated heterocycles. The monoisotopic (exact) mass is 297 g/mol. The van der Waals surface area contributed by atoms with Gasteiger partial charge in [0.15, 0.2) is 5.16 Å². The smallest absolute Gasteiger partial charge is 0.186 e. The fourth-order valence-electron chi connectivity index (χ4n) is 1.47. The zero-order valence-electron chi connectivity index (χ0n) is 9.37. The SMILES string of the molecule is Cn1ncnc1SCc1nc(Cl)c2ccsc2n1. The first-order chi connectivity index (χ1) is 8.74. The maximum absolute atomic E-state index is 6.11. The van der Waals surface area contributed by atoms with Crippen LogP contribution in [0.15, 0.2) is 22.9 Å². The number of aryl methyl sites for hydroxylation is 1. The zero-order valence-corrected chi connectivity index (χ0v) is 11.8. The van der Waals surface area contributed by atoms with Crippen LogP contribution >= 0.6 is 34.7 Å². The van der Waals surface area contributed by atoms with E-state index in [4.69, 9.17) is 11.6 Å². The van der Waals surface area contributed by atoms with Gasteiger partial charge in [-0.05, 0) is 11.4 Å². The van der Waals surface area contributed by atoms with Gasteiger partial charge in [0, 0.05) is 12.4 Å². The Bertz CT molecular complexity index is 692. The van der Waals surface area contributed by atoms with Crippen LogP contribution in [0.1, 0.15) is 5.82 Å². The Morgan fingerprint density at radius 2 is 2.33 bits per heavy atom. The summed E-state index contributed by atoms with van der Waals surface area (Å²) < 4.78 is 1.72. The fraction of sp³-hybridized carbons (Fsp3) is 0.200. The molecule has 0 unspecified atom stereocenters. The summed E-state index contributed by atoms with van der Waals surface area (Å²) in [5.41, 5.74) is 0. The van der Waals surface area contributed by atoms with Crippen molar-refractivity contribution < 1.29 is 0 Å². The first-order valence-corrected chi connectivity index (χ1v) is 7.35. The van der Waals surface area contributed by atoms with Crippen LogP contribution in [-0.2, 0) is 12.8 Å². The third kappa shape index (κ3) is 2.21. The first-order valence-electron chi connectivity index (χ1n) is 5.10. The Morgan fingerprint density at radius 3 is 3.11 bits per heavy atom. The van der Waals surface area contributed by atoms with E-state index in [1.165, 1.54) is 18.1 Å². The molecule has 92 valence electrons. The molecular formula is C10H8ClN5S2. The fourth-order valence-corrected chi connectivity index (χ4v) is 3.30. The van der Waals surface area contributed by atoms with Gasteiger partial charge in [0.2, 0.25) is 0 Å². The highest BCUT2D eigenvalue weighted by molar-refractivity contribution is 7.98. The van der Waals surface area contributed by atoms with Crippen molar-refractivity contribution in [3.63, 3.8) is 0 Å². The van der Waals surface area contributed by atoms with E-state index in [1.807, 2.05) is 18.5 Å². The van der Waals surface area contributed by atoms with E-state index in [2.05, 4.69) is 20.1 Å². The Balaban J connectivity index is 1.84. The third-order valence-corrected chi connectivity index (χ3v) is 4.45. The van der Waals surface area contributed by atoms with Crippen molar-refractivity contribution in [2.75, 3.05) is 0 Å². The minimum atomic E-state index is 0.509. The van der Waals surface area contributed by atoms with E-state index < -0.39 is 0 Å². The van der Waals surface area contributed by atoms with E-state index >= 15 is 0 Å². The topological polar surface area (TPSA) is 56.5 Å². The number of hydrogen-bond donors (Lipinski definition) is 0. The number of hydrogen-bond acceptors (Lipinski definition) is 6. The van der Waals surface area contributed by atoms with E-state index in [0.717, 1.165) is 15.4 Å². The summed E-state index contributed by atoms with van der Waals surface area (Å²) in [5.74, 6) is 1.34. The minimum Gasteiger partial charge on any atom is -0.244 e. The Kier molecular flexibility index (Phi) is 3.19. The lowest BCUT2D eigenvalue weighted by Gasteiger charge is -2.01. The van der Waals surface area contributed by atoms with Gasteiger partial charge in [-0.3, -0.25) is 0 Å². The molecule has 3 aromatic rings. The molecule has 0 spiro atoms. The lowest BCUT2D eigenvalue weighted by Crippen LogP contribution is -1.96. The summed E-state index contributed by atoms with van der Waals surface area (Å²) in [7, 11) is 1.85. The molecule has 18 heavy (non-hydrogen) atoms. The highest BCUT2D eigenvalue weighted by atomic mass is 35.5. The van der Waals surface area contributed by atoms with E-state index in [9.17, 15) is 0 Å². The Morgan fingerprint density at radius 1 is 1.44 bits per heavy atom. The third-order valence-electron chi connectivity index (χ3n) is 2.33. The second-order valence-corrected chi connectivity index (χ2v) is 5.72. The average molecular weight is 298 g/mol. The van der Waals surface area contributed by atoms with Crippen LogP contribution < -0.4 is 0 Å². The maximum atomic E-state index is 6.11. The molecule has 0 aliphatic rings. The van der Waals surface area contributed by atoms with Crippen molar-refractivity contribution in [1.82, 2.24) is 24.7 Å². The van der Waals surface area contributed by atoms with Crippen molar-refractivity contribution >= 4 is 44.9 Å². The highest BCUT2D eigenvalue weighted by Gasteiger charge is 2.09. The molecule has 0 aliphatic heterocycles. The largest absolute Gasteiger partial charge is 0.244 e. The van der Waals surface area contributed by atoms with Gasteiger partial charge in [-0.15, -0.1) is 11.3 Å². The first kappa shape index (κ1) is 11.9. The molecule has 0 saturated carbocycles. The molecule has 5 nitrogen and oxygen atoms in total. The lowest BCUT2D eigenvalue weighted by molar-refractivity contribution is 0.685. The zero-order chi connectivity index (χ0) is 12.5. The highest BCUT2D eigenvalue weighted by Crippen LogP contribution is 2.26. The van der Waals surface area contributed by atoms with Crippen LogP contribution in [0, 0.1) is 0 Å². The van der Waals surface area contributed by atoms with Crippen LogP contribution in [-0.4, -0.2) is 24.7 Å². The molecule has 3 aromatic heterocycles. The van der Waals surface area contributed by atoms with Crippen LogP contribution in [0.4, 0.5) is 0 Å². The number of rotatable bonds is 3. The summed E-state index contributed by atoms with van der Waals surface area (Å²) in [4.78, 5) is 13.8. The van der Waals surface area contributed by atoms with Crippen LogP contribution in [0.25, 0.3) is 10.2 Å². The summed E-state index contributed by atoms with van der Waals surface area (Å²) in [6.07, 6.45) is 1.53. The molecule has 0 bridgehead atoms. The Labute approximate surface area is 116 Å². The Hall–Kier alpha value is -1.18. The molecule has 0 radical (unpaired) electrons. The van der Waals surface area contributed by atoms with Gasteiger partial charge >= 0.3 is 0 Å². The van der Waals surface area contributed by atoms with Gasteiger partial charge in [0.25, 0.3) is 0 Å². The molecule has 0 fully saturated rings. The molecule has 0 amide bonds. The minimum absolute atomic E-state index is 0.509. The molecule has 0 N–H and O–H groups in total.